The van der Waals surface area contributed by atoms with Gasteiger partial charge in [-0.15, -0.1) is 5.54 Å². The van der Waals surface area contributed by atoms with E-state index < -0.39 is 14.0 Å². The Morgan fingerprint density at radius 1 is 1.09 bits per heavy atom. The van der Waals surface area contributed by atoms with Crippen LogP contribution < -0.4 is 0 Å². The van der Waals surface area contributed by atoms with Gasteiger partial charge in [0.25, 0.3) is 0 Å². The van der Waals surface area contributed by atoms with E-state index in [4.69, 9.17) is 5.11 Å². The molecule has 126 valence electrons. The van der Waals surface area contributed by atoms with Gasteiger partial charge in [0, 0.05) is 5.56 Å². The molecule has 0 amide bonds. The summed E-state index contributed by atoms with van der Waals surface area (Å²) in [4.78, 5) is 11.2. The first kappa shape index (κ1) is 19.5. The lowest BCUT2D eigenvalue weighted by atomic mass is 10.00. The molecule has 0 heterocycles. The fraction of sp³-hybridized carbons (Fsp3) is 0.550. The van der Waals surface area contributed by atoms with Crippen molar-refractivity contribution in [1.82, 2.24) is 0 Å². The van der Waals surface area contributed by atoms with Crippen LogP contribution in [0.3, 0.4) is 0 Å². The van der Waals surface area contributed by atoms with Crippen LogP contribution in [0.2, 0.25) is 16.6 Å². The second kappa shape index (κ2) is 7.83. The van der Waals surface area contributed by atoms with Crippen LogP contribution in [0.4, 0.5) is 0 Å². The van der Waals surface area contributed by atoms with Gasteiger partial charge in [-0.3, -0.25) is 4.79 Å². The number of carbonyl (C=O) groups is 1. The summed E-state index contributed by atoms with van der Waals surface area (Å²) in [5.74, 6) is 2.59. The van der Waals surface area contributed by atoms with Gasteiger partial charge in [-0.05, 0) is 40.7 Å². The fourth-order valence-corrected chi connectivity index (χ4v) is 9.03. The summed E-state index contributed by atoms with van der Waals surface area (Å²) >= 11 is 0. The quantitative estimate of drug-likeness (QED) is 0.596. The minimum Gasteiger partial charge on any atom is -0.481 e. The topological polar surface area (TPSA) is 37.3 Å². The van der Waals surface area contributed by atoms with Crippen molar-refractivity contribution < 1.29 is 9.90 Å². The maximum absolute atomic E-state index is 11.2. The number of rotatable bonds is 5. The molecule has 0 radical (unpaired) electrons. The maximum Gasteiger partial charge on any atom is 0.307 e. The maximum atomic E-state index is 11.2. The SMILES string of the molecule is Cc1cccc(C#C[Si](C(C)C)(C(C)C)C(C)C)c1CC(=O)O. The molecule has 3 heteroatoms. The van der Waals surface area contributed by atoms with Crippen LogP contribution in [0.25, 0.3) is 0 Å². The predicted molar refractivity (Wildman–Crippen MR) is 100 cm³/mol. The molecule has 23 heavy (non-hydrogen) atoms. The lowest BCUT2D eigenvalue weighted by molar-refractivity contribution is -0.136. The Balaban J connectivity index is 3.44. The van der Waals surface area contributed by atoms with Gasteiger partial charge in [0.05, 0.1) is 6.42 Å². The summed E-state index contributed by atoms with van der Waals surface area (Å²) in [7, 11) is -1.80. The number of carboxylic acids is 1. The molecule has 0 saturated carbocycles. The van der Waals surface area contributed by atoms with Crippen molar-refractivity contribution in [3.63, 3.8) is 0 Å². The molecule has 0 spiro atoms. The van der Waals surface area contributed by atoms with Crippen LogP contribution in [-0.4, -0.2) is 19.1 Å². The third-order valence-electron chi connectivity index (χ3n) is 5.02. The second-order valence-corrected chi connectivity index (χ2v) is 12.9. The molecule has 0 unspecified atom stereocenters. The van der Waals surface area contributed by atoms with Crippen LogP contribution in [0.5, 0.6) is 0 Å². The Hall–Kier alpha value is -1.53. The highest BCUT2D eigenvalue weighted by Gasteiger charge is 2.41. The standard InChI is InChI=1S/C20H30O2Si/c1-14(2)23(15(3)4,16(5)6)12-11-18-10-8-9-17(7)19(18)13-20(21)22/h8-10,14-16H,13H2,1-7H3,(H,21,22). The molecule has 0 fully saturated rings. The summed E-state index contributed by atoms with van der Waals surface area (Å²) < 4.78 is 0. The second-order valence-electron chi connectivity index (χ2n) is 7.32. The molecule has 0 aliphatic carbocycles. The minimum atomic E-state index is -1.80. The van der Waals surface area contributed by atoms with Crippen LogP contribution in [0.15, 0.2) is 18.2 Å². The summed E-state index contributed by atoms with van der Waals surface area (Å²) in [5.41, 5.74) is 8.14. The summed E-state index contributed by atoms with van der Waals surface area (Å²) in [6.45, 7) is 15.7. The van der Waals surface area contributed by atoms with Crippen molar-refractivity contribution in [2.45, 2.75) is 71.5 Å². The van der Waals surface area contributed by atoms with E-state index in [1.807, 2.05) is 25.1 Å². The van der Waals surface area contributed by atoms with Crippen LogP contribution in [-0.2, 0) is 11.2 Å². The minimum absolute atomic E-state index is 0.0380. The number of hydrogen-bond acceptors (Lipinski definition) is 1. The Labute approximate surface area is 142 Å². The van der Waals surface area contributed by atoms with Gasteiger partial charge in [0.15, 0.2) is 0 Å². The highest BCUT2D eigenvalue weighted by molar-refractivity contribution is 6.90. The highest BCUT2D eigenvalue weighted by Crippen LogP contribution is 2.40. The first-order valence-electron chi connectivity index (χ1n) is 8.46. The molecule has 0 aliphatic heterocycles. The largest absolute Gasteiger partial charge is 0.481 e. The Morgan fingerprint density at radius 2 is 1.61 bits per heavy atom. The molecule has 1 N–H and O–H groups in total. The molecule has 2 nitrogen and oxygen atoms in total. The molecule has 0 aromatic heterocycles. The van der Waals surface area contributed by atoms with Gasteiger partial charge in [-0.25, -0.2) is 0 Å². The van der Waals surface area contributed by atoms with Crippen LogP contribution in [0, 0.1) is 18.4 Å². The van der Waals surface area contributed by atoms with Crippen molar-refractivity contribution in [3.8, 4) is 11.5 Å². The van der Waals surface area contributed by atoms with E-state index in [0.29, 0.717) is 16.6 Å². The zero-order valence-electron chi connectivity index (χ0n) is 15.5. The average Bonchev–Trinajstić information content (AvgIpc) is 2.41. The molecule has 1 aromatic rings. The molecule has 1 rings (SSSR count). The van der Waals surface area contributed by atoms with Gasteiger partial charge >= 0.3 is 5.97 Å². The molecule has 0 aliphatic rings. The van der Waals surface area contributed by atoms with Crippen molar-refractivity contribution in [3.05, 3.63) is 34.9 Å². The lowest BCUT2D eigenvalue weighted by Crippen LogP contribution is -2.43. The third-order valence-corrected chi connectivity index (χ3v) is 11.3. The van der Waals surface area contributed by atoms with Crippen molar-refractivity contribution in [2.24, 2.45) is 0 Å². The van der Waals surface area contributed by atoms with E-state index in [-0.39, 0.29) is 6.42 Å². The van der Waals surface area contributed by atoms with Crippen molar-refractivity contribution in [1.29, 1.82) is 0 Å². The number of benzene rings is 1. The Bertz CT molecular complexity index is 596. The molecule has 0 saturated heterocycles. The van der Waals surface area contributed by atoms with Crippen LogP contribution in [0.1, 0.15) is 58.2 Å². The molecule has 1 aromatic carbocycles. The highest BCUT2D eigenvalue weighted by atomic mass is 28.3. The van der Waals surface area contributed by atoms with E-state index in [1.54, 1.807) is 0 Å². The molecular formula is C20H30O2Si. The van der Waals surface area contributed by atoms with Crippen LogP contribution >= 0.6 is 0 Å². The van der Waals surface area contributed by atoms with E-state index >= 15 is 0 Å². The van der Waals surface area contributed by atoms with E-state index in [9.17, 15) is 4.79 Å². The molecular weight excluding hydrogens is 300 g/mol. The molecule has 0 bridgehead atoms. The summed E-state index contributed by atoms with van der Waals surface area (Å²) in [5, 5.41) is 9.17. The smallest absolute Gasteiger partial charge is 0.307 e. The fourth-order valence-electron chi connectivity index (χ4n) is 3.81. The monoisotopic (exact) mass is 330 g/mol. The molecule has 0 atom stereocenters. The zero-order chi connectivity index (χ0) is 17.8. The summed E-state index contributed by atoms with van der Waals surface area (Å²) in [6, 6.07) is 5.88. The first-order valence-corrected chi connectivity index (χ1v) is 10.7. The number of aliphatic carboxylic acids is 1. The first-order chi connectivity index (χ1) is 10.6. The normalized spacial score (nSPS) is 11.7. The van der Waals surface area contributed by atoms with Gasteiger partial charge < -0.3 is 5.11 Å². The number of aryl methyl sites for hydroxylation is 1. The van der Waals surface area contributed by atoms with Gasteiger partial charge in [0.2, 0.25) is 0 Å². The predicted octanol–water partition coefficient (Wildman–Crippen LogP) is 5.19. The van der Waals surface area contributed by atoms with E-state index in [0.717, 1.165) is 16.7 Å². The average molecular weight is 331 g/mol. The van der Waals surface area contributed by atoms with Gasteiger partial charge in [0.1, 0.15) is 8.07 Å². The van der Waals surface area contributed by atoms with Gasteiger partial charge in [-0.1, -0.05) is 59.6 Å². The summed E-state index contributed by atoms with van der Waals surface area (Å²) in [6.07, 6.45) is 0.0380. The Kier molecular flexibility index (Phi) is 6.65. The number of hydrogen-bond donors (Lipinski definition) is 1. The van der Waals surface area contributed by atoms with E-state index in [1.165, 1.54) is 0 Å². The number of carboxylic acid groups (broad SMARTS) is 1. The third kappa shape index (κ3) is 4.26. The van der Waals surface area contributed by atoms with Crippen molar-refractivity contribution in [2.75, 3.05) is 0 Å². The Morgan fingerprint density at radius 3 is 2.04 bits per heavy atom. The van der Waals surface area contributed by atoms with E-state index in [2.05, 4.69) is 53.0 Å². The van der Waals surface area contributed by atoms with Gasteiger partial charge in [-0.2, -0.15) is 0 Å². The zero-order valence-corrected chi connectivity index (χ0v) is 16.5. The van der Waals surface area contributed by atoms with Crippen molar-refractivity contribution >= 4 is 14.0 Å². The lowest BCUT2D eigenvalue weighted by Gasteiger charge is -2.38.